The second kappa shape index (κ2) is 7.82. The van der Waals surface area contributed by atoms with Crippen molar-refractivity contribution in [3.05, 3.63) is 30.3 Å². The molecule has 0 aliphatic heterocycles. The molecule has 1 aliphatic carbocycles. The lowest BCUT2D eigenvalue weighted by atomic mass is 9.81. The normalized spacial score (nSPS) is 16.6. The van der Waals surface area contributed by atoms with E-state index in [0.29, 0.717) is 12.8 Å². The monoisotopic (exact) mass is 305 g/mol. The Balaban J connectivity index is 1.84. The summed E-state index contributed by atoms with van der Waals surface area (Å²) in [5, 5.41) is 2.88. The third kappa shape index (κ3) is 4.23. The standard InChI is InChI=1S/C17H23NO4/c1-21-16(20)17(11-6-3-7-12-17)18-15(19)10-13-22-14-8-4-2-5-9-14/h2,4-5,8-9H,3,6-7,10-13H2,1H3,(H,18,19). The zero-order valence-corrected chi connectivity index (χ0v) is 13.0. The van der Waals surface area contributed by atoms with Crippen LogP contribution in [-0.2, 0) is 14.3 Å². The molecule has 0 aromatic heterocycles. The first kappa shape index (κ1) is 16.3. The van der Waals surface area contributed by atoms with E-state index in [1.54, 1.807) is 0 Å². The molecule has 0 atom stereocenters. The van der Waals surface area contributed by atoms with E-state index in [2.05, 4.69) is 5.32 Å². The van der Waals surface area contributed by atoms with Gasteiger partial charge in [0.25, 0.3) is 0 Å². The number of hydrogen-bond donors (Lipinski definition) is 1. The minimum Gasteiger partial charge on any atom is -0.493 e. The van der Waals surface area contributed by atoms with Crippen LogP contribution in [0.15, 0.2) is 30.3 Å². The fourth-order valence-corrected chi connectivity index (χ4v) is 2.84. The van der Waals surface area contributed by atoms with Gasteiger partial charge in [0.2, 0.25) is 5.91 Å². The zero-order chi connectivity index (χ0) is 15.8. The number of amides is 1. The molecule has 1 N–H and O–H groups in total. The van der Waals surface area contributed by atoms with Gasteiger partial charge < -0.3 is 14.8 Å². The Kier molecular flexibility index (Phi) is 5.81. The molecule has 1 aliphatic rings. The summed E-state index contributed by atoms with van der Waals surface area (Å²) in [4.78, 5) is 24.2. The van der Waals surface area contributed by atoms with E-state index in [-0.39, 0.29) is 24.9 Å². The first-order valence-electron chi connectivity index (χ1n) is 7.73. The van der Waals surface area contributed by atoms with Crippen LogP contribution in [-0.4, -0.2) is 31.1 Å². The van der Waals surface area contributed by atoms with Crippen molar-refractivity contribution in [1.29, 1.82) is 0 Å². The van der Waals surface area contributed by atoms with Gasteiger partial charge >= 0.3 is 5.97 Å². The van der Waals surface area contributed by atoms with Crippen molar-refractivity contribution >= 4 is 11.9 Å². The second-order valence-corrected chi connectivity index (χ2v) is 5.59. The lowest BCUT2D eigenvalue weighted by Crippen LogP contribution is -2.56. The average molecular weight is 305 g/mol. The van der Waals surface area contributed by atoms with Gasteiger partial charge in [-0.05, 0) is 25.0 Å². The molecule has 5 nitrogen and oxygen atoms in total. The van der Waals surface area contributed by atoms with Crippen LogP contribution in [0.1, 0.15) is 38.5 Å². The summed E-state index contributed by atoms with van der Waals surface area (Å²) in [7, 11) is 1.36. The van der Waals surface area contributed by atoms with Gasteiger partial charge in [0, 0.05) is 0 Å². The highest BCUT2D eigenvalue weighted by Crippen LogP contribution is 2.29. The number of benzene rings is 1. The van der Waals surface area contributed by atoms with E-state index in [1.807, 2.05) is 30.3 Å². The predicted molar refractivity (Wildman–Crippen MR) is 82.5 cm³/mol. The Morgan fingerprint density at radius 3 is 2.45 bits per heavy atom. The third-order valence-corrected chi connectivity index (χ3v) is 4.00. The molecular formula is C17H23NO4. The number of para-hydroxylation sites is 1. The van der Waals surface area contributed by atoms with Gasteiger partial charge in [0.15, 0.2) is 0 Å². The number of carbonyl (C=O) groups is 2. The molecule has 0 unspecified atom stereocenters. The molecule has 0 heterocycles. The Morgan fingerprint density at radius 1 is 1.14 bits per heavy atom. The van der Waals surface area contributed by atoms with Crippen molar-refractivity contribution in [2.75, 3.05) is 13.7 Å². The summed E-state index contributed by atoms with van der Waals surface area (Å²) < 4.78 is 10.4. The van der Waals surface area contributed by atoms with Gasteiger partial charge in [-0.1, -0.05) is 37.5 Å². The molecule has 1 saturated carbocycles. The molecule has 120 valence electrons. The SMILES string of the molecule is COC(=O)C1(NC(=O)CCOc2ccccc2)CCCCC1. The van der Waals surface area contributed by atoms with E-state index in [1.165, 1.54) is 7.11 Å². The highest BCUT2D eigenvalue weighted by atomic mass is 16.5. The molecule has 0 spiro atoms. The highest BCUT2D eigenvalue weighted by molar-refractivity contribution is 5.88. The summed E-state index contributed by atoms with van der Waals surface area (Å²) in [6, 6.07) is 9.35. The Morgan fingerprint density at radius 2 is 1.82 bits per heavy atom. The van der Waals surface area contributed by atoms with Crippen molar-refractivity contribution in [1.82, 2.24) is 5.32 Å². The number of esters is 1. The van der Waals surface area contributed by atoms with Gasteiger partial charge in [0.1, 0.15) is 11.3 Å². The lowest BCUT2D eigenvalue weighted by molar-refractivity contribution is -0.152. The van der Waals surface area contributed by atoms with Crippen molar-refractivity contribution in [2.45, 2.75) is 44.1 Å². The topological polar surface area (TPSA) is 64.6 Å². The molecule has 0 saturated heterocycles. The number of hydrogen-bond acceptors (Lipinski definition) is 4. The number of methoxy groups -OCH3 is 1. The van der Waals surface area contributed by atoms with Crippen LogP contribution in [0.3, 0.4) is 0 Å². The molecule has 5 heteroatoms. The molecule has 2 rings (SSSR count). The Hall–Kier alpha value is -2.04. The molecule has 1 aromatic rings. The number of carbonyl (C=O) groups excluding carboxylic acids is 2. The number of ether oxygens (including phenoxy) is 2. The summed E-state index contributed by atoms with van der Waals surface area (Å²) >= 11 is 0. The molecule has 1 aromatic carbocycles. The van der Waals surface area contributed by atoms with Gasteiger partial charge in [-0.3, -0.25) is 4.79 Å². The van der Waals surface area contributed by atoms with Crippen molar-refractivity contribution in [2.24, 2.45) is 0 Å². The number of rotatable bonds is 6. The minimum atomic E-state index is -0.850. The van der Waals surface area contributed by atoms with Gasteiger partial charge in [-0.15, -0.1) is 0 Å². The van der Waals surface area contributed by atoms with Crippen LogP contribution in [0.2, 0.25) is 0 Å². The van der Waals surface area contributed by atoms with E-state index >= 15 is 0 Å². The minimum absolute atomic E-state index is 0.178. The molecule has 0 radical (unpaired) electrons. The van der Waals surface area contributed by atoms with Crippen LogP contribution >= 0.6 is 0 Å². The molecule has 1 amide bonds. The molecular weight excluding hydrogens is 282 g/mol. The van der Waals surface area contributed by atoms with Crippen LogP contribution in [0.25, 0.3) is 0 Å². The van der Waals surface area contributed by atoms with Crippen LogP contribution < -0.4 is 10.1 Å². The first-order valence-corrected chi connectivity index (χ1v) is 7.73. The molecule has 0 bridgehead atoms. The Bertz CT molecular complexity index is 495. The van der Waals surface area contributed by atoms with Crippen LogP contribution in [0, 0.1) is 0 Å². The van der Waals surface area contributed by atoms with E-state index in [9.17, 15) is 9.59 Å². The summed E-state index contributed by atoms with van der Waals surface area (Å²) in [5.41, 5.74) is -0.850. The first-order chi connectivity index (χ1) is 10.7. The van der Waals surface area contributed by atoms with Crippen LogP contribution in [0.4, 0.5) is 0 Å². The van der Waals surface area contributed by atoms with E-state index in [4.69, 9.17) is 9.47 Å². The van der Waals surface area contributed by atoms with Crippen molar-refractivity contribution < 1.29 is 19.1 Å². The van der Waals surface area contributed by atoms with Gasteiger partial charge in [0.05, 0.1) is 20.1 Å². The van der Waals surface area contributed by atoms with Crippen molar-refractivity contribution in [3.8, 4) is 5.75 Å². The fraction of sp³-hybridized carbons (Fsp3) is 0.529. The average Bonchev–Trinajstić information content (AvgIpc) is 2.56. The maximum atomic E-state index is 12.1. The molecule has 1 fully saturated rings. The number of nitrogens with one attached hydrogen (secondary N) is 1. The van der Waals surface area contributed by atoms with Gasteiger partial charge in [-0.25, -0.2) is 4.79 Å². The summed E-state index contributed by atoms with van der Waals surface area (Å²) in [6.45, 7) is 0.285. The largest absolute Gasteiger partial charge is 0.493 e. The van der Waals surface area contributed by atoms with Crippen LogP contribution in [0.5, 0.6) is 5.75 Å². The fourth-order valence-electron chi connectivity index (χ4n) is 2.84. The lowest BCUT2D eigenvalue weighted by Gasteiger charge is -2.35. The van der Waals surface area contributed by atoms with E-state index in [0.717, 1.165) is 25.0 Å². The summed E-state index contributed by atoms with van der Waals surface area (Å²) in [6.07, 6.45) is 4.45. The maximum absolute atomic E-state index is 12.1. The summed E-state index contributed by atoms with van der Waals surface area (Å²) in [5.74, 6) is 0.211. The Labute approximate surface area is 131 Å². The van der Waals surface area contributed by atoms with E-state index < -0.39 is 5.54 Å². The second-order valence-electron chi connectivity index (χ2n) is 5.59. The maximum Gasteiger partial charge on any atom is 0.331 e. The predicted octanol–water partition coefficient (Wildman–Crippen LogP) is 2.45. The molecule has 22 heavy (non-hydrogen) atoms. The quantitative estimate of drug-likeness (QED) is 0.820. The zero-order valence-electron chi connectivity index (χ0n) is 13.0. The van der Waals surface area contributed by atoms with Gasteiger partial charge in [-0.2, -0.15) is 0 Å². The third-order valence-electron chi connectivity index (χ3n) is 4.00. The smallest absolute Gasteiger partial charge is 0.331 e. The highest BCUT2D eigenvalue weighted by Gasteiger charge is 2.41. The van der Waals surface area contributed by atoms with Crippen molar-refractivity contribution in [3.63, 3.8) is 0 Å².